The second-order valence-corrected chi connectivity index (χ2v) is 4.81. The van der Waals surface area contributed by atoms with Crippen LogP contribution in [0.2, 0.25) is 0 Å². The first-order valence-electron chi connectivity index (χ1n) is 5.94. The SMILES string of the molecule is C[C@@H](O)C(=O)N1CC[C@](F)(c2cc(F)cc(F)c2)C1. The largest absolute Gasteiger partial charge is 0.384 e. The van der Waals surface area contributed by atoms with E-state index in [-0.39, 0.29) is 25.1 Å². The first kappa shape index (κ1) is 13.9. The molecule has 1 N–H and O–H groups in total. The number of alkyl halides is 1. The van der Waals surface area contributed by atoms with E-state index in [2.05, 4.69) is 0 Å². The van der Waals surface area contributed by atoms with E-state index in [0.717, 1.165) is 17.0 Å². The topological polar surface area (TPSA) is 40.5 Å². The van der Waals surface area contributed by atoms with Crippen LogP contribution in [-0.2, 0) is 10.5 Å². The van der Waals surface area contributed by atoms with Crippen molar-refractivity contribution in [1.29, 1.82) is 0 Å². The number of rotatable bonds is 2. The van der Waals surface area contributed by atoms with Crippen molar-refractivity contribution in [3.8, 4) is 0 Å². The zero-order chi connectivity index (χ0) is 14.2. The quantitative estimate of drug-likeness (QED) is 0.891. The molecule has 1 aliphatic heterocycles. The highest BCUT2D eigenvalue weighted by molar-refractivity contribution is 5.80. The Balaban J connectivity index is 2.23. The van der Waals surface area contributed by atoms with E-state index in [1.807, 2.05) is 0 Å². The van der Waals surface area contributed by atoms with Crippen LogP contribution in [-0.4, -0.2) is 35.1 Å². The fourth-order valence-electron chi connectivity index (χ4n) is 2.27. The van der Waals surface area contributed by atoms with Crippen LogP contribution < -0.4 is 0 Å². The van der Waals surface area contributed by atoms with Crippen molar-refractivity contribution in [2.24, 2.45) is 0 Å². The van der Waals surface area contributed by atoms with Crippen molar-refractivity contribution < 1.29 is 23.1 Å². The lowest BCUT2D eigenvalue weighted by molar-refractivity contribution is -0.138. The van der Waals surface area contributed by atoms with Gasteiger partial charge in [0.1, 0.15) is 17.7 Å². The molecule has 1 amide bonds. The van der Waals surface area contributed by atoms with Gasteiger partial charge in [-0.05, 0) is 24.6 Å². The van der Waals surface area contributed by atoms with Gasteiger partial charge in [0.25, 0.3) is 5.91 Å². The maximum Gasteiger partial charge on any atom is 0.251 e. The summed E-state index contributed by atoms with van der Waals surface area (Å²) in [6, 6.07) is 2.53. The highest BCUT2D eigenvalue weighted by atomic mass is 19.1. The third kappa shape index (κ3) is 2.73. The smallest absolute Gasteiger partial charge is 0.251 e. The lowest BCUT2D eigenvalue weighted by Gasteiger charge is -2.22. The molecule has 0 aromatic heterocycles. The highest BCUT2D eigenvalue weighted by Gasteiger charge is 2.42. The number of amides is 1. The number of halogens is 3. The zero-order valence-corrected chi connectivity index (χ0v) is 10.4. The fraction of sp³-hybridized carbons (Fsp3) is 0.462. The number of carbonyl (C=O) groups excluding carboxylic acids is 1. The predicted molar refractivity (Wildman–Crippen MR) is 62.0 cm³/mol. The molecule has 1 heterocycles. The zero-order valence-electron chi connectivity index (χ0n) is 10.4. The molecule has 2 atom stereocenters. The van der Waals surface area contributed by atoms with Crippen molar-refractivity contribution in [2.75, 3.05) is 13.1 Å². The molecule has 1 aromatic rings. The molecule has 0 bridgehead atoms. The lowest BCUT2D eigenvalue weighted by atomic mass is 9.95. The van der Waals surface area contributed by atoms with Gasteiger partial charge in [0.05, 0.1) is 6.54 Å². The number of hydrogen-bond acceptors (Lipinski definition) is 2. The van der Waals surface area contributed by atoms with Crippen molar-refractivity contribution >= 4 is 5.91 Å². The van der Waals surface area contributed by atoms with Crippen LogP contribution in [0, 0.1) is 11.6 Å². The Labute approximate surface area is 108 Å². The first-order valence-corrected chi connectivity index (χ1v) is 5.94. The van der Waals surface area contributed by atoms with Gasteiger partial charge in [-0.1, -0.05) is 0 Å². The van der Waals surface area contributed by atoms with Gasteiger partial charge in [0, 0.05) is 19.0 Å². The molecule has 19 heavy (non-hydrogen) atoms. The summed E-state index contributed by atoms with van der Waals surface area (Å²) in [6.07, 6.45) is -1.26. The first-order chi connectivity index (χ1) is 8.82. The Morgan fingerprint density at radius 2 is 1.95 bits per heavy atom. The maximum atomic E-state index is 14.7. The minimum absolute atomic E-state index is 0.0473. The molecule has 1 fully saturated rings. The summed E-state index contributed by atoms with van der Waals surface area (Å²) in [6.45, 7) is 1.10. The second kappa shape index (κ2) is 4.85. The van der Waals surface area contributed by atoms with Gasteiger partial charge in [-0.25, -0.2) is 13.2 Å². The van der Waals surface area contributed by atoms with E-state index in [1.165, 1.54) is 6.92 Å². The number of likely N-dealkylation sites (tertiary alicyclic amines) is 1. The molecule has 1 saturated heterocycles. The molecule has 0 aliphatic carbocycles. The highest BCUT2D eigenvalue weighted by Crippen LogP contribution is 2.36. The Hall–Kier alpha value is -1.56. The van der Waals surface area contributed by atoms with Crippen LogP contribution in [0.15, 0.2) is 18.2 Å². The van der Waals surface area contributed by atoms with E-state index in [4.69, 9.17) is 0 Å². The van der Waals surface area contributed by atoms with Crippen molar-refractivity contribution in [3.05, 3.63) is 35.4 Å². The minimum atomic E-state index is -1.98. The van der Waals surface area contributed by atoms with Crippen LogP contribution in [0.4, 0.5) is 13.2 Å². The van der Waals surface area contributed by atoms with E-state index in [0.29, 0.717) is 6.07 Å². The van der Waals surface area contributed by atoms with Crippen LogP contribution in [0.1, 0.15) is 18.9 Å². The van der Waals surface area contributed by atoms with E-state index >= 15 is 0 Å². The third-order valence-corrected chi connectivity index (χ3v) is 3.27. The Kier molecular flexibility index (Phi) is 3.54. The van der Waals surface area contributed by atoms with Crippen LogP contribution in [0.3, 0.4) is 0 Å². The second-order valence-electron chi connectivity index (χ2n) is 4.81. The number of nitrogens with zero attached hydrogens (tertiary/aromatic N) is 1. The molecule has 6 heteroatoms. The summed E-state index contributed by atoms with van der Waals surface area (Å²) < 4.78 is 40.9. The average molecular weight is 273 g/mol. The molecule has 0 spiro atoms. The number of carbonyl (C=O) groups is 1. The minimum Gasteiger partial charge on any atom is -0.384 e. The van der Waals surface area contributed by atoms with Crippen LogP contribution in [0.5, 0.6) is 0 Å². The number of aliphatic hydroxyl groups is 1. The van der Waals surface area contributed by atoms with Gasteiger partial charge in [-0.15, -0.1) is 0 Å². The Morgan fingerprint density at radius 3 is 2.47 bits per heavy atom. The summed E-state index contributed by atoms with van der Waals surface area (Å²) in [5.74, 6) is -2.30. The lowest BCUT2D eigenvalue weighted by Crippen LogP contribution is -2.38. The van der Waals surface area contributed by atoms with Gasteiger partial charge >= 0.3 is 0 Å². The molecule has 2 rings (SSSR count). The van der Waals surface area contributed by atoms with Crippen molar-refractivity contribution in [1.82, 2.24) is 4.90 Å². The molecule has 3 nitrogen and oxygen atoms in total. The average Bonchev–Trinajstić information content (AvgIpc) is 2.71. The Bertz CT molecular complexity index is 486. The van der Waals surface area contributed by atoms with E-state index < -0.39 is 29.3 Å². The summed E-state index contributed by atoms with van der Waals surface area (Å²) in [4.78, 5) is 12.7. The van der Waals surface area contributed by atoms with Crippen molar-refractivity contribution in [3.63, 3.8) is 0 Å². The van der Waals surface area contributed by atoms with Crippen LogP contribution >= 0.6 is 0 Å². The maximum absolute atomic E-state index is 14.7. The molecular formula is C13H14F3NO2. The molecular weight excluding hydrogens is 259 g/mol. The predicted octanol–water partition coefficient (Wildman–Crippen LogP) is 1.74. The Morgan fingerprint density at radius 1 is 1.37 bits per heavy atom. The fourth-order valence-corrected chi connectivity index (χ4v) is 2.27. The number of aliphatic hydroxyl groups excluding tert-OH is 1. The summed E-state index contributed by atoms with van der Waals surface area (Å²) >= 11 is 0. The summed E-state index contributed by atoms with van der Waals surface area (Å²) in [5.41, 5.74) is -2.10. The number of hydrogen-bond donors (Lipinski definition) is 1. The third-order valence-electron chi connectivity index (χ3n) is 3.27. The van der Waals surface area contributed by atoms with Gasteiger partial charge < -0.3 is 10.0 Å². The normalized spacial score (nSPS) is 24.6. The monoisotopic (exact) mass is 273 g/mol. The van der Waals surface area contributed by atoms with Crippen LogP contribution in [0.25, 0.3) is 0 Å². The molecule has 0 unspecified atom stereocenters. The van der Waals surface area contributed by atoms with Gasteiger partial charge in [-0.3, -0.25) is 4.79 Å². The molecule has 0 saturated carbocycles. The molecule has 1 aliphatic rings. The van der Waals surface area contributed by atoms with Crippen molar-refractivity contribution in [2.45, 2.75) is 25.1 Å². The summed E-state index contributed by atoms with van der Waals surface area (Å²) in [5, 5.41) is 9.18. The van der Waals surface area contributed by atoms with Gasteiger partial charge in [-0.2, -0.15) is 0 Å². The molecule has 104 valence electrons. The standard InChI is InChI=1S/C13H14F3NO2/c1-8(18)12(19)17-3-2-13(16,7-17)9-4-10(14)6-11(15)5-9/h4-6,8,18H,2-3,7H2,1H3/t8-,13-/m1/s1. The number of benzene rings is 1. The molecule has 1 aromatic carbocycles. The molecule has 0 radical (unpaired) electrons. The summed E-state index contributed by atoms with van der Waals surface area (Å²) in [7, 11) is 0. The van der Waals surface area contributed by atoms with Gasteiger partial charge in [0.2, 0.25) is 0 Å². The van der Waals surface area contributed by atoms with E-state index in [9.17, 15) is 23.1 Å². The van der Waals surface area contributed by atoms with E-state index in [1.54, 1.807) is 0 Å². The van der Waals surface area contributed by atoms with Gasteiger partial charge in [0.15, 0.2) is 5.67 Å².